The molecule has 2 heterocycles. The third-order valence-electron chi connectivity index (χ3n) is 7.53. The van der Waals surface area contributed by atoms with Crippen molar-refractivity contribution in [1.29, 1.82) is 0 Å². The molecule has 0 aliphatic heterocycles. The summed E-state index contributed by atoms with van der Waals surface area (Å²) in [4.78, 5) is 24.9. The fourth-order valence-corrected chi connectivity index (χ4v) is 5.29. The molecule has 0 bridgehead atoms. The topological polar surface area (TPSA) is 70.8 Å². The zero-order valence-corrected chi connectivity index (χ0v) is 22.0. The maximum atomic E-state index is 13.8. The number of carboxylic acid groups (broad SMARTS) is 1. The van der Waals surface area contributed by atoms with Gasteiger partial charge < -0.3 is 14.8 Å². The number of amides is 1. The molecule has 6 aromatic rings. The van der Waals surface area contributed by atoms with Crippen molar-refractivity contribution < 1.29 is 14.7 Å². The summed E-state index contributed by atoms with van der Waals surface area (Å²) in [7, 11) is 0. The first-order chi connectivity index (χ1) is 19.5. The monoisotopic (exact) mass is 524 g/mol. The molecule has 5 nitrogen and oxygen atoms in total. The Balaban J connectivity index is 1.40. The predicted octanol–water partition coefficient (Wildman–Crippen LogP) is 7.54. The number of pyridine rings is 1. The van der Waals surface area contributed by atoms with E-state index >= 15 is 0 Å². The number of carbonyl (C=O) groups is 2. The van der Waals surface area contributed by atoms with Gasteiger partial charge in [0.1, 0.15) is 0 Å². The molecule has 6 rings (SSSR count). The Labute approximate surface area is 232 Å². The van der Waals surface area contributed by atoms with Gasteiger partial charge in [0.05, 0.1) is 16.6 Å². The highest BCUT2D eigenvalue weighted by Gasteiger charge is 2.21. The van der Waals surface area contributed by atoms with Crippen molar-refractivity contribution >= 4 is 28.2 Å². The number of aromatic nitrogens is 1. The van der Waals surface area contributed by atoms with Gasteiger partial charge in [-0.3, -0.25) is 4.79 Å². The summed E-state index contributed by atoms with van der Waals surface area (Å²) in [5.41, 5.74) is 6.75. The van der Waals surface area contributed by atoms with Gasteiger partial charge in [-0.05, 0) is 62.9 Å². The first-order valence-electron chi connectivity index (χ1n) is 13.3. The molecule has 2 N–H and O–H groups in total. The van der Waals surface area contributed by atoms with E-state index in [0.29, 0.717) is 5.56 Å². The second-order valence-electron chi connectivity index (χ2n) is 10.0. The molecule has 0 saturated carbocycles. The summed E-state index contributed by atoms with van der Waals surface area (Å²) in [5, 5.41) is 14.6. The molecule has 0 unspecified atom stereocenters. The number of rotatable bonds is 7. The summed E-state index contributed by atoms with van der Waals surface area (Å²) < 4.78 is 2.05. The fraction of sp³-hybridized carbons (Fsp3) is 0.0857. The molecule has 0 radical (unpaired) electrons. The van der Waals surface area contributed by atoms with Gasteiger partial charge in [0.2, 0.25) is 0 Å². The van der Waals surface area contributed by atoms with Crippen molar-refractivity contribution in [2.24, 2.45) is 0 Å². The van der Waals surface area contributed by atoms with Crippen LogP contribution in [-0.2, 0) is 6.54 Å². The van der Waals surface area contributed by atoms with E-state index in [1.807, 2.05) is 59.1 Å². The molecule has 0 spiro atoms. The molecule has 40 heavy (non-hydrogen) atoms. The molecule has 0 fully saturated rings. The van der Waals surface area contributed by atoms with Gasteiger partial charge in [0, 0.05) is 24.9 Å². The average molecular weight is 525 g/mol. The molecular formula is C35H28N2O3. The maximum absolute atomic E-state index is 13.8. The Morgan fingerprint density at radius 1 is 0.800 bits per heavy atom. The van der Waals surface area contributed by atoms with Crippen LogP contribution < -0.4 is 5.32 Å². The van der Waals surface area contributed by atoms with Gasteiger partial charge in [0.25, 0.3) is 5.91 Å². The normalized spacial score (nSPS) is 11.9. The average Bonchev–Trinajstić information content (AvgIpc) is 3.43. The van der Waals surface area contributed by atoms with Gasteiger partial charge in [-0.25, -0.2) is 4.79 Å². The Bertz CT molecular complexity index is 1850. The van der Waals surface area contributed by atoms with Gasteiger partial charge in [-0.2, -0.15) is 0 Å². The predicted molar refractivity (Wildman–Crippen MR) is 159 cm³/mol. The van der Waals surface area contributed by atoms with E-state index in [-0.39, 0.29) is 23.9 Å². The lowest BCUT2D eigenvalue weighted by Crippen LogP contribution is -2.24. The van der Waals surface area contributed by atoms with Crippen LogP contribution in [0.15, 0.2) is 122 Å². The smallest absolute Gasteiger partial charge is 0.335 e. The lowest BCUT2D eigenvalue weighted by Gasteiger charge is -2.16. The fourth-order valence-electron chi connectivity index (χ4n) is 5.29. The van der Waals surface area contributed by atoms with E-state index in [0.717, 1.165) is 27.8 Å². The number of benzene rings is 4. The highest BCUT2D eigenvalue weighted by Crippen LogP contribution is 2.34. The standard InChI is InChI=1S/C35H28N2O3/c1-23(28-16-15-26-9-5-6-10-29(26)19-28)31-17-18-37-22-30(25-7-3-2-4-8-25)20-32(33(31)37)34(38)36-21-24-11-13-27(14-12-24)35(39)40/h2-20,22-23H,21H2,1H3,(H,36,38)(H,39,40)/t23-/m1/s1. The van der Waals surface area contributed by atoms with E-state index in [9.17, 15) is 14.7 Å². The van der Waals surface area contributed by atoms with Gasteiger partial charge >= 0.3 is 5.97 Å². The largest absolute Gasteiger partial charge is 0.478 e. The minimum absolute atomic E-state index is 0.0623. The van der Waals surface area contributed by atoms with E-state index in [1.54, 1.807) is 24.3 Å². The summed E-state index contributed by atoms with van der Waals surface area (Å²) in [6.45, 7) is 2.47. The minimum Gasteiger partial charge on any atom is -0.478 e. The van der Waals surface area contributed by atoms with Gasteiger partial charge in [-0.1, -0.05) is 91.9 Å². The Kier molecular flexibility index (Phi) is 6.62. The summed E-state index contributed by atoms with van der Waals surface area (Å²) in [5.74, 6) is -1.10. The van der Waals surface area contributed by atoms with Crippen molar-refractivity contribution in [3.05, 3.63) is 149 Å². The van der Waals surface area contributed by atoms with Crippen LogP contribution in [0.4, 0.5) is 0 Å². The van der Waals surface area contributed by atoms with E-state index in [2.05, 4.69) is 54.8 Å². The lowest BCUT2D eigenvalue weighted by atomic mass is 9.90. The number of nitrogens with zero attached hydrogens (tertiary/aromatic N) is 1. The van der Waals surface area contributed by atoms with Crippen molar-refractivity contribution in [3.8, 4) is 11.1 Å². The summed E-state index contributed by atoms with van der Waals surface area (Å²) in [6.07, 6.45) is 4.10. The zero-order valence-electron chi connectivity index (χ0n) is 22.0. The van der Waals surface area contributed by atoms with Crippen molar-refractivity contribution in [2.45, 2.75) is 19.4 Å². The highest BCUT2D eigenvalue weighted by atomic mass is 16.4. The Morgan fingerprint density at radius 2 is 1.52 bits per heavy atom. The first-order valence-corrected chi connectivity index (χ1v) is 13.3. The number of fused-ring (bicyclic) bond motifs is 2. The van der Waals surface area contributed by atoms with Gasteiger partial charge in [-0.15, -0.1) is 0 Å². The molecule has 1 amide bonds. The molecule has 0 aliphatic rings. The van der Waals surface area contributed by atoms with Crippen LogP contribution in [0.1, 0.15) is 50.2 Å². The molecule has 2 aromatic heterocycles. The van der Waals surface area contributed by atoms with Crippen LogP contribution in [0, 0.1) is 0 Å². The summed E-state index contributed by atoms with van der Waals surface area (Å²) in [6, 6.07) is 35.5. The summed E-state index contributed by atoms with van der Waals surface area (Å²) >= 11 is 0. The van der Waals surface area contributed by atoms with Crippen molar-refractivity contribution in [1.82, 2.24) is 9.72 Å². The van der Waals surface area contributed by atoms with E-state index < -0.39 is 5.97 Å². The van der Waals surface area contributed by atoms with E-state index in [1.165, 1.54) is 16.3 Å². The molecule has 5 heteroatoms. The Hall–Kier alpha value is -5.16. The van der Waals surface area contributed by atoms with Gasteiger partial charge in [0.15, 0.2) is 0 Å². The SMILES string of the molecule is C[C@H](c1ccc2ccccc2c1)c1ccn2cc(-c3ccccc3)cc(C(=O)NCc3ccc(C(=O)O)cc3)c12. The third-order valence-corrected chi connectivity index (χ3v) is 7.53. The number of hydrogen-bond donors (Lipinski definition) is 2. The van der Waals surface area contributed by atoms with Crippen LogP contribution in [0.5, 0.6) is 0 Å². The second-order valence-corrected chi connectivity index (χ2v) is 10.0. The number of carboxylic acids is 1. The number of carbonyl (C=O) groups excluding carboxylic acids is 1. The highest BCUT2D eigenvalue weighted by molar-refractivity contribution is 6.03. The molecule has 0 saturated heterocycles. The number of aromatic carboxylic acids is 1. The zero-order chi connectivity index (χ0) is 27.6. The third kappa shape index (κ3) is 4.85. The second kappa shape index (κ2) is 10.5. The molecule has 0 aliphatic carbocycles. The van der Waals surface area contributed by atoms with Crippen molar-refractivity contribution in [3.63, 3.8) is 0 Å². The molecule has 196 valence electrons. The lowest BCUT2D eigenvalue weighted by molar-refractivity contribution is 0.0696. The molecular weight excluding hydrogens is 496 g/mol. The maximum Gasteiger partial charge on any atom is 0.335 e. The number of hydrogen-bond acceptors (Lipinski definition) is 2. The van der Waals surface area contributed by atoms with Crippen LogP contribution >= 0.6 is 0 Å². The van der Waals surface area contributed by atoms with Crippen LogP contribution in [0.3, 0.4) is 0 Å². The number of nitrogens with one attached hydrogen (secondary N) is 1. The minimum atomic E-state index is -0.975. The Morgan fingerprint density at radius 3 is 2.27 bits per heavy atom. The first kappa shape index (κ1) is 25.1. The quantitative estimate of drug-likeness (QED) is 0.227. The van der Waals surface area contributed by atoms with E-state index in [4.69, 9.17) is 0 Å². The van der Waals surface area contributed by atoms with Crippen LogP contribution in [0.25, 0.3) is 27.4 Å². The molecule has 4 aromatic carbocycles. The molecule has 1 atom stereocenters. The van der Waals surface area contributed by atoms with Crippen LogP contribution in [0.2, 0.25) is 0 Å². The van der Waals surface area contributed by atoms with Crippen LogP contribution in [-0.4, -0.2) is 21.4 Å². The van der Waals surface area contributed by atoms with Crippen molar-refractivity contribution in [2.75, 3.05) is 0 Å².